The van der Waals surface area contributed by atoms with Crippen LogP contribution in [0.2, 0.25) is 0 Å². The zero-order valence-electron chi connectivity index (χ0n) is 12.3. The summed E-state index contributed by atoms with van der Waals surface area (Å²) in [4.78, 5) is 25.3. The molecule has 0 saturated heterocycles. The number of carbonyl (C=O) groups is 2. The second-order valence-electron chi connectivity index (χ2n) is 4.43. The van der Waals surface area contributed by atoms with Crippen molar-refractivity contribution in [2.75, 3.05) is 17.4 Å². The Morgan fingerprint density at radius 3 is 2.54 bits per heavy atom. The van der Waals surface area contributed by atoms with Crippen molar-refractivity contribution in [2.24, 2.45) is 0 Å². The van der Waals surface area contributed by atoms with Gasteiger partial charge in [0.25, 0.3) is 10.1 Å². The number of carbonyl (C=O) groups excluding carboxylic acids is 1. The predicted molar refractivity (Wildman–Crippen MR) is 86.6 cm³/mol. The molecular weight excluding hydrogens is 358 g/mol. The van der Waals surface area contributed by atoms with Crippen LogP contribution in [0.25, 0.3) is 0 Å². The fourth-order valence-electron chi connectivity index (χ4n) is 1.67. The summed E-state index contributed by atoms with van der Waals surface area (Å²) < 4.78 is 28.9. The van der Waals surface area contributed by atoms with Gasteiger partial charge in [-0.1, -0.05) is 0 Å². The number of hydrogen-bond acceptors (Lipinski definition) is 8. The van der Waals surface area contributed by atoms with Crippen LogP contribution < -0.4 is 10.6 Å². The Balaban J connectivity index is 1.99. The Bertz CT molecular complexity index is 845. The van der Waals surface area contributed by atoms with E-state index in [-0.39, 0.29) is 21.5 Å². The maximum Gasteiger partial charge on any atom is 0.357 e. The van der Waals surface area contributed by atoms with E-state index in [1.54, 1.807) is 0 Å². The number of aromatic carboxylic acids is 1. The quantitative estimate of drug-likeness (QED) is 0.493. The average molecular weight is 371 g/mol. The molecule has 1 aromatic carbocycles. The van der Waals surface area contributed by atoms with Crippen molar-refractivity contribution in [1.82, 2.24) is 4.98 Å². The van der Waals surface area contributed by atoms with Crippen molar-refractivity contribution < 1.29 is 27.3 Å². The Labute approximate surface area is 141 Å². The highest BCUT2D eigenvalue weighted by Crippen LogP contribution is 2.21. The molecule has 0 radical (unpaired) electrons. The largest absolute Gasteiger partial charge is 0.476 e. The number of anilines is 2. The van der Waals surface area contributed by atoms with Gasteiger partial charge in [-0.25, -0.2) is 14.0 Å². The molecule has 0 aliphatic carbocycles. The maximum absolute atomic E-state index is 12.0. The van der Waals surface area contributed by atoms with E-state index in [1.165, 1.54) is 36.7 Å². The van der Waals surface area contributed by atoms with Gasteiger partial charge in [-0.3, -0.25) is 4.79 Å². The molecule has 0 saturated carbocycles. The number of nitrogens with zero attached hydrogens (tertiary/aromatic N) is 1. The summed E-state index contributed by atoms with van der Waals surface area (Å²) >= 11 is 1.01. The molecule has 0 spiro atoms. The van der Waals surface area contributed by atoms with Crippen LogP contribution in [0.3, 0.4) is 0 Å². The number of aromatic nitrogens is 1. The molecule has 1 amide bonds. The van der Waals surface area contributed by atoms with E-state index in [2.05, 4.69) is 15.6 Å². The highest BCUT2D eigenvalue weighted by molar-refractivity contribution is 7.86. The van der Waals surface area contributed by atoms with Gasteiger partial charge >= 0.3 is 5.97 Å². The molecule has 9 nitrogen and oxygen atoms in total. The average Bonchev–Trinajstić information content (AvgIpc) is 2.95. The van der Waals surface area contributed by atoms with Crippen molar-refractivity contribution in [1.29, 1.82) is 0 Å². The van der Waals surface area contributed by atoms with Crippen LogP contribution in [-0.2, 0) is 19.1 Å². The smallest absolute Gasteiger partial charge is 0.357 e. The molecule has 0 aliphatic heterocycles. The fourth-order valence-corrected chi connectivity index (χ4v) is 3.15. The number of carboxylic acids is 1. The third-order valence-electron chi connectivity index (χ3n) is 2.68. The van der Waals surface area contributed by atoms with Crippen molar-refractivity contribution in [3.05, 3.63) is 35.5 Å². The molecule has 1 aromatic heterocycles. The molecule has 0 aliphatic rings. The van der Waals surface area contributed by atoms with Crippen molar-refractivity contribution >= 4 is 44.0 Å². The Morgan fingerprint density at radius 1 is 1.29 bits per heavy atom. The SMILES string of the molecule is CC(=O)Nc1ccc(S(=O)(=O)OCNc2scnc2C(=O)O)cc1. The molecule has 0 fully saturated rings. The lowest BCUT2D eigenvalue weighted by Crippen LogP contribution is -2.14. The first-order chi connectivity index (χ1) is 11.3. The van der Waals surface area contributed by atoms with E-state index in [4.69, 9.17) is 9.29 Å². The van der Waals surface area contributed by atoms with Crippen molar-refractivity contribution in [3.8, 4) is 0 Å². The van der Waals surface area contributed by atoms with Gasteiger partial charge in [0.1, 0.15) is 11.7 Å². The zero-order valence-corrected chi connectivity index (χ0v) is 14.0. The first-order valence-electron chi connectivity index (χ1n) is 6.47. The first kappa shape index (κ1) is 17.8. The molecule has 1 heterocycles. The van der Waals surface area contributed by atoms with Crippen LogP contribution in [0.1, 0.15) is 17.4 Å². The van der Waals surface area contributed by atoms with Crippen LogP contribution in [0.4, 0.5) is 10.7 Å². The van der Waals surface area contributed by atoms with Crippen LogP contribution in [-0.4, -0.2) is 37.1 Å². The lowest BCUT2D eigenvalue weighted by molar-refractivity contribution is -0.114. The van der Waals surface area contributed by atoms with Gasteiger partial charge in [-0.2, -0.15) is 8.42 Å². The van der Waals surface area contributed by atoms with E-state index < -0.39 is 22.8 Å². The number of amides is 1. The van der Waals surface area contributed by atoms with E-state index in [0.717, 1.165) is 11.3 Å². The van der Waals surface area contributed by atoms with Gasteiger partial charge in [-0.15, -0.1) is 11.3 Å². The van der Waals surface area contributed by atoms with Crippen molar-refractivity contribution in [2.45, 2.75) is 11.8 Å². The molecule has 2 rings (SSSR count). The monoisotopic (exact) mass is 371 g/mol. The summed E-state index contributed by atoms with van der Waals surface area (Å²) in [5.41, 5.74) is 1.57. The first-order valence-corrected chi connectivity index (χ1v) is 8.76. The standard InChI is InChI=1S/C13H13N3O6S2/c1-8(17)16-9-2-4-10(5-3-9)24(20,21)22-6-14-12-11(13(18)19)15-7-23-12/h2-5,7,14H,6H2,1H3,(H,16,17)(H,18,19). The molecule has 128 valence electrons. The molecule has 24 heavy (non-hydrogen) atoms. The van der Waals surface area contributed by atoms with Gasteiger partial charge in [-0.05, 0) is 24.3 Å². The van der Waals surface area contributed by atoms with Crippen molar-refractivity contribution in [3.63, 3.8) is 0 Å². The number of nitrogens with one attached hydrogen (secondary N) is 2. The van der Waals surface area contributed by atoms with Gasteiger partial charge in [0, 0.05) is 12.6 Å². The third-order valence-corrected chi connectivity index (χ3v) is 4.74. The van der Waals surface area contributed by atoms with E-state index in [9.17, 15) is 18.0 Å². The predicted octanol–water partition coefficient (Wildman–Crippen LogP) is 1.57. The van der Waals surface area contributed by atoms with Crippen LogP contribution in [0.15, 0.2) is 34.7 Å². The lowest BCUT2D eigenvalue weighted by atomic mass is 10.3. The number of rotatable bonds is 7. The van der Waals surface area contributed by atoms with Gasteiger partial charge in [0.2, 0.25) is 5.91 Å². The summed E-state index contributed by atoms with van der Waals surface area (Å²) in [7, 11) is -4.03. The van der Waals surface area contributed by atoms with E-state index in [1.807, 2.05) is 0 Å². The normalized spacial score (nSPS) is 11.0. The number of carboxylic acid groups (broad SMARTS) is 1. The van der Waals surface area contributed by atoms with Crippen LogP contribution in [0.5, 0.6) is 0 Å². The van der Waals surface area contributed by atoms with Crippen LogP contribution in [0, 0.1) is 0 Å². The molecule has 3 N–H and O–H groups in total. The van der Waals surface area contributed by atoms with Gasteiger partial charge < -0.3 is 15.7 Å². The minimum absolute atomic E-state index is 0.0961. The van der Waals surface area contributed by atoms with E-state index in [0.29, 0.717) is 5.69 Å². The highest BCUT2D eigenvalue weighted by Gasteiger charge is 2.17. The second kappa shape index (κ2) is 7.38. The second-order valence-corrected chi connectivity index (χ2v) is 6.90. The minimum Gasteiger partial charge on any atom is -0.476 e. The van der Waals surface area contributed by atoms with Crippen LogP contribution >= 0.6 is 11.3 Å². The third kappa shape index (κ3) is 4.50. The molecule has 0 unspecified atom stereocenters. The summed E-state index contributed by atoms with van der Waals surface area (Å²) in [6.07, 6.45) is 0. The van der Waals surface area contributed by atoms with Gasteiger partial charge in [0.15, 0.2) is 5.69 Å². The Hall–Kier alpha value is -2.50. The molecule has 2 aromatic rings. The van der Waals surface area contributed by atoms with E-state index >= 15 is 0 Å². The highest BCUT2D eigenvalue weighted by atomic mass is 32.2. The van der Waals surface area contributed by atoms with Gasteiger partial charge in [0.05, 0.1) is 10.4 Å². The molecule has 0 atom stereocenters. The Kier molecular flexibility index (Phi) is 5.49. The summed E-state index contributed by atoms with van der Waals surface area (Å²) in [6.45, 7) is 0.891. The number of benzene rings is 1. The summed E-state index contributed by atoms with van der Waals surface area (Å²) in [5.74, 6) is -1.50. The maximum atomic E-state index is 12.0. The minimum atomic E-state index is -4.03. The summed E-state index contributed by atoms with van der Waals surface area (Å²) in [6, 6.07) is 5.43. The molecule has 11 heteroatoms. The molecular formula is C13H13N3O6S2. The fraction of sp³-hybridized carbons (Fsp3) is 0.154. The number of hydrogen-bond donors (Lipinski definition) is 3. The number of thiazole rings is 1. The Morgan fingerprint density at radius 2 is 1.96 bits per heavy atom. The summed E-state index contributed by atoms with van der Waals surface area (Å²) in [5, 5.41) is 14.2. The lowest BCUT2D eigenvalue weighted by Gasteiger charge is -2.08. The molecule has 0 bridgehead atoms. The zero-order chi connectivity index (χ0) is 17.7. The topological polar surface area (TPSA) is 135 Å².